The van der Waals surface area contributed by atoms with E-state index in [1.54, 1.807) is 36.7 Å². The number of anilines is 4. The van der Waals surface area contributed by atoms with Crippen molar-refractivity contribution in [2.45, 2.75) is 13.1 Å². The van der Waals surface area contributed by atoms with Crippen LogP contribution in [0.15, 0.2) is 73.2 Å². The van der Waals surface area contributed by atoms with Crippen LogP contribution in [0.1, 0.15) is 21.5 Å². The number of benzene rings is 2. The molecule has 1 fully saturated rings. The number of hydrogen-bond donors (Lipinski definition) is 2. The lowest BCUT2D eigenvalue weighted by Crippen LogP contribution is -2.44. The maximum atomic E-state index is 13.8. The Morgan fingerprint density at radius 3 is 2.39 bits per heavy atom. The van der Waals surface area contributed by atoms with Crippen molar-refractivity contribution < 1.29 is 18.0 Å². The van der Waals surface area contributed by atoms with Crippen LogP contribution in [0.5, 0.6) is 0 Å². The SMILES string of the molecule is Cc1ccc(C(=O)Nc2cc(N3CCN(C)CC3)cc(C(F)(F)F)c2)cc1Nc1nc(-c2ccncc2)nc2c1ccn2C. The van der Waals surface area contributed by atoms with Gasteiger partial charge in [-0.05, 0) is 68.1 Å². The van der Waals surface area contributed by atoms with Crippen LogP contribution in [0, 0.1) is 6.92 Å². The van der Waals surface area contributed by atoms with Crippen molar-refractivity contribution in [3.05, 3.63) is 89.9 Å². The number of aromatic nitrogens is 4. The highest BCUT2D eigenvalue weighted by molar-refractivity contribution is 6.05. The fourth-order valence-electron chi connectivity index (χ4n) is 5.19. The topological polar surface area (TPSA) is 91.2 Å². The molecule has 9 nitrogen and oxygen atoms in total. The van der Waals surface area contributed by atoms with Crippen LogP contribution in [-0.2, 0) is 13.2 Å². The van der Waals surface area contributed by atoms with Crippen molar-refractivity contribution in [1.29, 1.82) is 0 Å². The predicted octanol–water partition coefficient (Wildman–Crippen LogP) is 6.11. The fourth-order valence-corrected chi connectivity index (χ4v) is 5.19. The third-order valence-electron chi connectivity index (χ3n) is 7.79. The average molecular weight is 601 g/mol. The number of halogens is 3. The van der Waals surface area contributed by atoms with E-state index in [0.29, 0.717) is 36.1 Å². The number of fused-ring (bicyclic) bond motifs is 1. The normalized spacial score (nSPS) is 14.2. The van der Waals surface area contributed by atoms with Gasteiger partial charge >= 0.3 is 6.18 Å². The first-order valence-corrected chi connectivity index (χ1v) is 14.1. The van der Waals surface area contributed by atoms with Crippen molar-refractivity contribution >= 4 is 39.8 Å². The highest BCUT2D eigenvalue weighted by Gasteiger charge is 2.32. The number of alkyl halides is 3. The lowest BCUT2D eigenvalue weighted by Gasteiger charge is -2.34. The highest BCUT2D eigenvalue weighted by atomic mass is 19.4. The third kappa shape index (κ3) is 6.06. The first kappa shape index (κ1) is 29.1. The molecule has 1 amide bonds. The number of amides is 1. The molecular formula is C32H31F3N8O. The zero-order chi connectivity index (χ0) is 31.0. The van der Waals surface area contributed by atoms with Crippen LogP contribution >= 0.6 is 0 Å². The molecule has 0 bridgehead atoms. The van der Waals surface area contributed by atoms with E-state index < -0.39 is 17.6 Å². The van der Waals surface area contributed by atoms with E-state index in [2.05, 4.69) is 20.5 Å². The van der Waals surface area contributed by atoms with Gasteiger partial charge in [-0.15, -0.1) is 0 Å². The van der Waals surface area contributed by atoms with Gasteiger partial charge in [0.25, 0.3) is 5.91 Å². The van der Waals surface area contributed by atoms with E-state index in [9.17, 15) is 18.0 Å². The first-order chi connectivity index (χ1) is 21.0. The van der Waals surface area contributed by atoms with Crippen LogP contribution < -0.4 is 15.5 Å². The van der Waals surface area contributed by atoms with E-state index >= 15 is 0 Å². The van der Waals surface area contributed by atoms with Crippen LogP contribution in [0.25, 0.3) is 22.4 Å². The molecule has 0 saturated carbocycles. The van der Waals surface area contributed by atoms with Gasteiger partial charge in [-0.3, -0.25) is 9.78 Å². The number of rotatable bonds is 6. The van der Waals surface area contributed by atoms with Crippen molar-refractivity contribution in [3.8, 4) is 11.4 Å². The Morgan fingerprint density at radius 2 is 1.66 bits per heavy atom. The molecule has 44 heavy (non-hydrogen) atoms. The van der Waals surface area contributed by atoms with Gasteiger partial charge in [0.2, 0.25) is 0 Å². The van der Waals surface area contributed by atoms with E-state index in [4.69, 9.17) is 9.97 Å². The summed E-state index contributed by atoms with van der Waals surface area (Å²) < 4.78 is 43.4. The molecule has 4 heterocycles. The largest absolute Gasteiger partial charge is 0.416 e. The van der Waals surface area contributed by atoms with Crippen molar-refractivity contribution in [2.24, 2.45) is 7.05 Å². The first-order valence-electron chi connectivity index (χ1n) is 14.1. The predicted molar refractivity (Wildman–Crippen MR) is 165 cm³/mol. The molecule has 0 aliphatic carbocycles. The molecule has 6 rings (SSSR count). The van der Waals surface area contributed by atoms with Gasteiger partial charge in [-0.25, -0.2) is 9.97 Å². The number of aryl methyl sites for hydroxylation is 2. The van der Waals surface area contributed by atoms with E-state index in [1.165, 1.54) is 0 Å². The van der Waals surface area contributed by atoms with Crippen LogP contribution in [0.4, 0.5) is 36.1 Å². The number of piperazine rings is 1. The Hall–Kier alpha value is -4.97. The quantitative estimate of drug-likeness (QED) is 0.243. The lowest BCUT2D eigenvalue weighted by atomic mass is 10.1. The molecule has 0 atom stereocenters. The standard InChI is InChI=1S/C32H31F3N8O/c1-20-4-5-22(31(44)37-24-17-23(32(33,34)35)18-25(19-24)43-14-12-41(2)13-15-43)16-27(20)38-29-26-8-11-42(3)30(26)40-28(39-29)21-6-9-36-10-7-21/h4-11,16-19H,12-15H2,1-3H3,(H,37,44)(H,38,39,40). The van der Waals surface area contributed by atoms with Gasteiger partial charge in [-0.2, -0.15) is 13.2 Å². The summed E-state index contributed by atoms with van der Waals surface area (Å²) in [5.74, 6) is 0.538. The monoisotopic (exact) mass is 600 g/mol. The Labute approximate surface area is 252 Å². The second-order valence-electron chi connectivity index (χ2n) is 11.0. The Balaban J connectivity index is 1.30. The van der Waals surface area contributed by atoms with Crippen LogP contribution in [0.2, 0.25) is 0 Å². The number of carbonyl (C=O) groups is 1. The summed E-state index contributed by atoms with van der Waals surface area (Å²) in [6.07, 6.45) is 0.679. The van der Waals surface area contributed by atoms with Crippen molar-refractivity contribution in [2.75, 3.05) is 48.8 Å². The number of likely N-dealkylation sites (N-methyl/N-ethyl adjacent to an activating group) is 1. The maximum absolute atomic E-state index is 13.8. The molecular weight excluding hydrogens is 569 g/mol. The lowest BCUT2D eigenvalue weighted by molar-refractivity contribution is -0.137. The Kier molecular flexibility index (Phi) is 7.68. The van der Waals surface area contributed by atoms with E-state index in [-0.39, 0.29) is 11.3 Å². The van der Waals surface area contributed by atoms with Crippen LogP contribution in [0.3, 0.4) is 0 Å². The van der Waals surface area contributed by atoms with Crippen molar-refractivity contribution in [3.63, 3.8) is 0 Å². The number of nitrogens with zero attached hydrogens (tertiary/aromatic N) is 6. The molecule has 2 aromatic carbocycles. The summed E-state index contributed by atoms with van der Waals surface area (Å²) in [5.41, 5.74) is 2.98. The van der Waals surface area contributed by atoms with Crippen molar-refractivity contribution in [1.82, 2.24) is 24.4 Å². The summed E-state index contributed by atoms with van der Waals surface area (Å²) in [6.45, 7) is 4.56. The second-order valence-corrected chi connectivity index (χ2v) is 11.0. The average Bonchev–Trinajstić information content (AvgIpc) is 3.39. The molecule has 1 aliphatic rings. The van der Waals surface area contributed by atoms with Gasteiger partial charge in [0, 0.05) is 80.0 Å². The minimum atomic E-state index is -4.56. The maximum Gasteiger partial charge on any atom is 0.416 e. The molecule has 5 aromatic rings. The van der Waals surface area contributed by atoms with Gasteiger partial charge in [0.15, 0.2) is 5.82 Å². The highest BCUT2D eigenvalue weighted by Crippen LogP contribution is 2.35. The second kappa shape index (κ2) is 11.6. The van der Waals surface area contributed by atoms with Gasteiger partial charge in [0.05, 0.1) is 10.9 Å². The fraction of sp³-hybridized carbons (Fsp3) is 0.250. The van der Waals surface area contributed by atoms with Gasteiger partial charge in [-0.1, -0.05) is 6.07 Å². The molecule has 0 spiro atoms. The Morgan fingerprint density at radius 1 is 0.909 bits per heavy atom. The summed E-state index contributed by atoms with van der Waals surface area (Å²) in [5, 5.41) is 6.85. The van der Waals surface area contributed by atoms with Gasteiger partial charge < -0.3 is 25.0 Å². The third-order valence-corrected chi connectivity index (χ3v) is 7.79. The minimum Gasteiger partial charge on any atom is -0.369 e. The number of pyridine rings is 1. The summed E-state index contributed by atoms with van der Waals surface area (Å²) in [4.78, 5) is 31.0. The number of carbonyl (C=O) groups excluding carboxylic acids is 1. The molecule has 1 aliphatic heterocycles. The smallest absolute Gasteiger partial charge is 0.369 e. The molecule has 0 unspecified atom stereocenters. The molecule has 226 valence electrons. The van der Waals surface area contributed by atoms with E-state index in [1.807, 2.05) is 54.9 Å². The number of hydrogen-bond acceptors (Lipinski definition) is 7. The Bertz CT molecular complexity index is 1830. The summed E-state index contributed by atoms with van der Waals surface area (Å²) in [6, 6.07) is 14.4. The van der Waals surface area contributed by atoms with E-state index in [0.717, 1.165) is 47.4 Å². The molecule has 0 radical (unpaired) electrons. The van der Waals surface area contributed by atoms with Gasteiger partial charge in [0.1, 0.15) is 11.5 Å². The minimum absolute atomic E-state index is 0.0811. The molecule has 2 N–H and O–H groups in total. The summed E-state index contributed by atoms with van der Waals surface area (Å²) in [7, 11) is 3.88. The summed E-state index contributed by atoms with van der Waals surface area (Å²) >= 11 is 0. The van der Waals surface area contributed by atoms with Crippen LogP contribution in [-0.4, -0.2) is 63.6 Å². The zero-order valence-electron chi connectivity index (χ0n) is 24.5. The molecule has 12 heteroatoms. The molecule has 3 aromatic heterocycles. The number of nitrogens with one attached hydrogen (secondary N) is 2. The zero-order valence-corrected chi connectivity index (χ0v) is 24.5. The molecule has 1 saturated heterocycles.